The van der Waals surface area contributed by atoms with Crippen molar-refractivity contribution in [3.63, 3.8) is 0 Å². The van der Waals surface area contributed by atoms with Gasteiger partial charge in [-0.3, -0.25) is 4.79 Å². The molecule has 2 aromatic carbocycles. The topological polar surface area (TPSA) is 90.5 Å². The molecule has 0 radical (unpaired) electrons. The minimum absolute atomic E-state index is 0.0598. The standard InChI is InChI=1S/C16H17N3O3/c1-10-3-8-13(14(20)9-10)15(21)18-11-4-6-12(7-5-11)19-16(22)17-2/h3-9,20H,1-2H3,(H,18,21)(H2,17,19,22). The molecule has 0 atom stereocenters. The minimum atomic E-state index is -0.399. The SMILES string of the molecule is CNC(=O)Nc1ccc(NC(=O)c2ccc(C)cc2O)cc1. The summed E-state index contributed by atoms with van der Waals surface area (Å²) in [6.07, 6.45) is 0. The molecule has 0 aliphatic rings. The second-order valence-corrected chi connectivity index (χ2v) is 4.76. The number of hydrogen-bond donors (Lipinski definition) is 4. The second kappa shape index (κ2) is 6.62. The summed E-state index contributed by atoms with van der Waals surface area (Å²) in [5.74, 6) is -0.458. The van der Waals surface area contributed by atoms with Crippen LogP contribution in [0, 0.1) is 6.92 Å². The number of aryl methyl sites for hydroxylation is 1. The Balaban J connectivity index is 2.07. The van der Waals surface area contributed by atoms with Gasteiger partial charge in [-0.25, -0.2) is 4.79 Å². The molecule has 0 unspecified atom stereocenters. The number of rotatable bonds is 3. The Bertz CT molecular complexity index is 696. The molecule has 0 spiro atoms. The molecule has 0 heterocycles. The van der Waals surface area contributed by atoms with Crippen LogP contribution in [0.1, 0.15) is 15.9 Å². The van der Waals surface area contributed by atoms with Gasteiger partial charge in [0.05, 0.1) is 5.56 Å². The zero-order valence-corrected chi connectivity index (χ0v) is 12.3. The highest BCUT2D eigenvalue weighted by Gasteiger charge is 2.11. The molecule has 0 saturated heterocycles. The van der Waals surface area contributed by atoms with Crippen LogP contribution in [-0.4, -0.2) is 24.1 Å². The van der Waals surface area contributed by atoms with E-state index in [4.69, 9.17) is 0 Å². The number of hydrogen-bond acceptors (Lipinski definition) is 3. The number of carbonyl (C=O) groups excluding carboxylic acids is 2. The molecule has 0 aliphatic carbocycles. The number of aromatic hydroxyl groups is 1. The molecule has 4 N–H and O–H groups in total. The molecule has 114 valence electrons. The van der Waals surface area contributed by atoms with Gasteiger partial charge in [0.15, 0.2) is 0 Å². The summed E-state index contributed by atoms with van der Waals surface area (Å²) in [5.41, 5.74) is 2.25. The summed E-state index contributed by atoms with van der Waals surface area (Å²) in [6, 6.07) is 11.2. The highest BCUT2D eigenvalue weighted by atomic mass is 16.3. The molecule has 0 saturated carbocycles. The fourth-order valence-electron chi connectivity index (χ4n) is 1.86. The summed E-state index contributed by atoms with van der Waals surface area (Å²) < 4.78 is 0. The van der Waals surface area contributed by atoms with Gasteiger partial charge in [-0.1, -0.05) is 6.07 Å². The third-order valence-corrected chi connectivity index (χ3v) is 3.03. The summed E-state index contributed by atoms with van der Waals surface area (Å²) in [6.45, 7) is 1.83. The summed E-state index contributed by atoms with van der Waals surface area (Å²) >= 11 is 0. The summed E-state index contributed by atoms with van der Waals surface area (Å²) in [5, 5.41) is 17.5. The van der Waals surface area contributed by atoms with Crippen LogP contribution in [0.4, 0.5) is 16.2 Å². The average molecular weight is 299 g/mol. The first-order valence-corrected chi connectivity index (χ1v) is 6.69. The summed E-state index contributed by atoms with van der Waals surface area (Å²) in [7, 11) is 1.53. The van der Waals surface area contributed by atoms with E-state index in [-0.39, 0.29) is 17.3 Å². The highest BCUT2D eigenvalue weighted by molar-refractivity contribution is 6.06. The molecule has 0 aromatic heterocycles. The predicted octanol–water partition coefficient (Wildman–Crippen LogP) is 2.70. The molecule has 22 heavy (non-hydrogen) atoms. The predicted molar refractivity (Wildman–Crippen MR) is 85.3 cm³/mol. The fraction of sp³-hybridized carbons (Fsp3) is 0.125. The first-order valence-electron chi connectivity index (χ1n) is 6.69. The van der Waals surface area contributed by atoms with Crippen molar-refractivity contribution in [1.82, 2.24) is 5.32 Å². The lowest BCUT2D eigenvalue weighted by Gasteiger charge is -2.09. The van der Waals surface area contributed by atoms with Gasteiger partial charge in [-0.2, -0.15) is 0 Å². The monoisotopic (exact) mass is 299 g/mol. The van der Waals surface area contributed by atoms with E-state index in [0.29, 0.717) is 11.4 Å². The van der Waals surface area contributed by atoms with Crippen LogP contribution in [0.15, 0.2) is 42.5 Å². The maximum atomic E-state index is 12.1. The largest absolute Gasteiger partial charge is 0.507 e. The van der Waals surface area contributed by atoms with Crippen LogP contribution in [0.5, 0.6) is 5.75 Å². The van der Waals surface area contributed by atoms with E-state index in [1.807, 2.05) is 6.92 Å². The molecule has 3 amide bonds. The number of phenols is 1. The Morgan fingerprint density at radius 1 is 0.955 bits per heavy atom. The highest BCUT2D eigenvalue weighted by Crippen LogP contribution is 2.20. The normalized spacial score (nSPS) is 9.91. The fourth-order valence-corrected chi connectivity index (χ4v) is 1.86. The maximum Gasteiger partial charge on any atom is 0.318 e. The van der Waals surface area contributed by atoms with Crippen LogP contribution in [0.25, 0.3) is 0 Å². The van der Waals surface area contributed by atoms with Gasteiger partial charge >= 0.3 is 6.03 Å². The summed E-state index contributed by atoms with van der Waals surface area (Å²) in [4.78, 5) is 23.3. The molecule has 2 aromatic rings. The average Bonchev–Trinajstić information content (AvgIpc) is 2.49. The molecular formula is C16H17N3O3. The number of urea groups is 1. The van der Waals surface area contributed by atoms with Crippen molar-refractivity contribution in [2.75, 3.05) is 17.7 Å². The lowest BCUT2D eigenvalue weighted by atomic mass is 10.1. The van der Waals surface area contributed by atoms with Crippen molar-refractivity contribution in [3.8, 4) is 5.75 Å². The maximum absolute atomic E-state index is 12.1. The number of amides is 3. The Labute approximate surface area is 128 Å². The van der Waals surface area contributed by atoms with Crippen molar-refractivity contribution >= 4 is 23.3 Å². The van der Waals surface area contributed by atoms with Crippen LogP contribution in [0.2, 0.25) is 0 Å². The van der Waals surface area contributed by atoms with Crippen LogP contribution >= 0.6 is 0 Å². The molecule has 0 fully saturated rings. The third kappa shape index (κ3) is 3.76. The first-order chi connectivity index (χ1) is 10.5. The Hall–Kier alpha value is -3.02. The lowest BCUT2D eigenvalue weighted by molar-refractivity contribution is 0.102. The number of benzene rings is 2. The van der Waals surface area contributed by atoms with E-state index >= 15 is 0 Å². The van der Waals surface area contributed by atoms with Gasteiger partial charge in [0.1, 0.15) is 5.75 Å². The Morgan fingerprint density at radius 2 is 1.55 bits per heavy atom. The van der Waals surface area contributed by atoms with E-state index in [2.05, 4.69) is 16.0 Å². The van der Waals surface area contributed by atoms with Crippen LogP contribution in [0.3, 0.4) is 0 Å². The van der Waals surface area contributed by atoms with Crippen molar-refractivity contribution < 1.29 is 14.7 Å². The van der Waals surface area contributed by atoms with E-state index in [0.717, 1.165) is 5.56 Å². The van der Waals surface area contributed by atoms with Crippen molar-refractivity contribution in [2.24, 2.45) is 0 Å². The van der Waals surface area contributed by atoms with E-state index in [1.165, 1.54) is 13.1 Å². The quantitative estimate of drug-likeness (QED) is 0.702. The van der Waals surface area contributed by atoms with Crippen LogP contribution < -0.4 is 16.0 Å². The van der Waals surface area contributed by atoms with E-state index < -0.39 is 5.91 Å². The van der Waals surface area contributed by atoms with Gasteiger partial charge < -0.3 is 21.1 Å². The minimum Gasteiger partial charge on any atom is -0.507 e. The van der Waals surface area contributed by atoms with Crippen molar-refractivity contribution in [2.45, 2.75) is 6.92 Å². The zero-order valence-electron chi connectivity index (χ0n) is 12.3. The van der Waals surface area contributed by atoms with Crippen molar-refractivity contribution in [3.05, 3.63) is 53.6 Å². The molecule has 0 bridgehead atoms. The molecular weight excluding hydrogens is 282 g/mol. The molecule has 2 rings (SSSR count). The number of nitrogens with one attached hydrogen (secondary N) is 3. The molecule has 0 aliphatic heterocycles. The van der Waals surface area contributed by atoms with E-state index in [1.54, 1.807) is 36.4 Å². The zero-order chi connectivity index (χ0) is 16.1. The van der Waals surface area contributed by atoms with Crippen LogP contribution in [-0.2, 0) is 0 Å². The van der Waals surface area contributed by atoms with Gasteiger partial charge in [-0.15, -0.1) is 0 Å². The number of anilines is 2. The number of phenolic OH excluding ortho intramolecular Hbond substituents is 1. The molecule has 6 nitrogen and oxygen atoms in total. The number of carbonyl (C=O) groups is 2. The second-order valence-electron chi connectivity index (χ2n) is 4.76. The Kier molecular flexibility index (Phi) is 4.63. The van der Waals surface area contributed by atoms with Crippen molar-refractivity contribution in [1.29, 1.82) is 0 Å². The van der Waals surface area contributed by atoms with Gasteiger partial charge in [0.2, 0.25) is 0 Å². The van der Waals surface area contributed by atoms with Gasteiger partial charge in [0, 0.05) is 18.4 Å². The Morgan fingerprint density at radius 3 is 2.09 bits per heavy atom. The first kappa shape index (κ1) is 15.4. The van der Waals surface area contributed by atoms with E-state index in [9.17, 15) is 14.7 Å². The van der Waals surface area contributed by atoms with Gasteiger partial charge in [0.25, 0.3) is 5.91 Å². The third-order valence-electron chi connectivity index (χ3n) is 3.03. The smallest absolute Gasteiger partial charge is 0.318 e. The molecule has 6 heteroatoms. The lowest BCUT2D eigenvalue weighted by Crippen LogP contribution is -2.24. The van der Waals surface area contributed by atoms with Gasteiger partial charge in [-0.05, 0) is 48.9 Å².